The van der Waals surface area contributed by atoms with E-state index >= 15 is 0 Å². The molecule has 1 aromatic rings. The molecule has 0 fully saturated rings. The molecule has 1 aromatic carbocycles. The number of ether oxygens (including phenoxy) is 1. The van der Waals surface area contributed by atoms with E-state index in [1.165, 1.54) is 0 Å². The maximum Gasteiger partial charge on any atom is 0.178 e. The third-order valence-electron chi connectivity index (χ3n) is 1.67. The second-order valence-corrected chi connectivity index (χ2v) is 4.72. The lowest BCUT2D eigenvalue weighted by Crippen LogP contribution is -2.03. The summed E-state index contributed by atoms with van der Waals surface area (Å²) in [5.74, 6) is 0.525. The van der Waals surface area contributed by atoms with Crippen molar-refractivity contribution in [2.75, 3.05) is 13.0 Å². The Labute approximate surface area is 109 Å². The highest BCUT2D eigenvalue weighted by Gasteiger charge is 2.14. The third kappa shape index (κ3) is 2.41. The fourth-order valence-corrected chi connectivity index (χ4v) is 2.92. The van der Waals surface area contributed by atoms with Crippen molar-refractivity contribution in [2.24, 2.45) is 0 Å². The number of rotatable bonds is 3. The molecule has 0 saturated carbocycles. The SMILES string of the molecule is COc1c(I)ccc(C(=O)CCl)c1Br. The van der Waals surface area contributed by atoms with Crippen LogP contribution in [0.5, 0.6) is 5.75 Å². The highest BCUT2D eigenvalue weighted by molar-refractivity contribution is 14.1. The van der Waals surface area contributed by atoms with Crippen LogP contribution in [0.3, 0.4) is 0 Å². The molecule has 0 heterocycles. The number of benzene rings is 1. The molecule has 0 aliphatic rings. The molecule has 0 aliphatic heterocycles. The summed E-state index contributed by atoms with van der Waals surface area (Å²) < 4.78 is 6.77. The van der Waals surface area contributed by atoms with Crippen LogP contribution in [-0.4, -0.2) is 18.8 Å². The van der Waals surface area contributed by atoms with Gasteiger partial charge in [0.05, 0.1) is 21.0 Å². The minimum Gasteiger partial charge on any atom is -0.494 e. The Morgan fingerprint density at radius 1 is 1.64 bits per heavy atom. The number of hydrogen-bond acceptors (Lipinski definition) is 2. The number of methoxy groups -OCH3 is 1. The number of ketones is 1. The monoisotopic (exact) mass is 388 g/mol. The van der Waals surface area contributed by atoms with E-state index in [1.54, 1.807) is 13.2 Å². The van der Waals surface area contributed by atoms with E-state index in [0.717, 1.165) is 3.57 Å². The van der Waals surface area contributed by atoms with Gasteiger partial charge in [0.2, 0.25) is 0 Å². The summed E-state index contributed by atoms with van der Waals surface area (Å²) in [4.78, 5) is 11.4. The average Bonchev–Trinajstić information content (AvgIpc) is 2.18. The second kappa shape index (κ2) is 5.32. The molecule has 1 rings (SSSR count). The maximum atomic E-state index is 11.4. The third-order valence-corrected chi connectivity index (χ3v) is 3.55. The zero-order chi connectivity index (χ0) is 10.7. The first-order valence-corrected chi connectivity index (χ1v) is 6.13. The van der Waals surface area contributed by atoms with Crippen LogP contribution in [0, 0.1) is 3.57 Å². The number of halogens is 3. The molecule has 0 N–H and O–H groups in total. The Morgan fingerprint density at radius 2 is 2.29 bits per heavy atom. The summed E-state index contributed by atoms with van der Waals surface area (Å²) in [6, 6.07) is 3.56. The molecule has 0 aliphatic carbocycles. The van der Waals surface area contributed by atoms with Gasteiger partial charge in [0.1, 0.15) is 5.75 Å². The predicted molar refractivity (Wildman–Crippen MR) is 68.5 cm³/mol. The van der Waals surface area contributed by atoms with Gasteiger partial charge in [-0.2, -0.15) is 0 Å². The first-order valence-electron chi connectivity index (χ1n) is 3.73. The Kier molecular flexibility index (Phi) is 4.66. The largest absolute Gasteiger partial charge is 0.494 e. The van der Waals surface area contributed by atoms with Crippen molar-refractivity contribution in [3.8, 4) is 5.75 Å². The van der Waals surface area contributed by atoms with Crippen LogP contribution >= 0.6 is 50.1 Å². The highest BCUT2D eigenvalue weighted by Crippen LogP contribution is 2.33. The molecule has 0 amide bonds. The van der Waals surface area contributed by atoms with E-state index < -0.39 is 0 Å². The van der Waals surface area contributed by atoms with Gasteiger partial charge in [-0.3, -0.25) is 4.79 Å². The Bertz CT molecular complexity index is 368. The predicted octanol–water partition coefficient (Wildman–Crippen LogP) is 3.48. The molecule has 0 aromatic heterocycles. The molecule has 0 unspecified atom stereocenters. The first kappa shape index (κ1) is 12.3. The van der Waals surface area contributed by atoms with Crippen molar-refractivity contribution in [1.29, 1.82) is 0 Å². The van der Waals surface area contributed by atoms with Crippen LogP contribution in [0.15, 0.2) is 16.6 Å². The average molecular weight is 389 g/mol. The molecule has 0 bridgehead atoms. The zero-order valence-electron chi connectivity index (χ0n) is 7.31. The summed E-state index contributed by atoms with van der Waals surface area (Å²) in [6.07, 6.45) is 0. The Morgan fingerprint density at radius 3 is 2.79 bits per heavy atom. The maximum absolute atomic E-state index is 11.4. The van der Waals surface area contributed by atoms with Crippen molar-refractivity contribution >= 4 is 55.9 Å². The zero-order valence-corrected chi connectivity index (χ0v) is 11.8. The standard InChI is InChI=1S/C9H7BrClIO2/c1-14-9-6(12)3-2-5(8(9)10)7(13)4-11/h2-3H,4H2,1H3. The topological polar surface area (TPSA) is 26.3 Å². The van der Waals surface area contributed by atoms with Gasteiger partial charge in [-0.05, 0) is 50.7 Å². The minimum atomic E-state index is -0.117. The van der Waals surface area contributed by atoms with Gasteiger partial charge in [-0.25, -0.2) is 0 Å². The van der Waals surface area contributed by atoms with E-state index in [0.29, 0.717) is 15.8 Å². The van der Waals surface area contributed by atoms with Gasteiger partial charge in [-0.15, -0.1) is 11.6 Å². The highest BCUT2D eigenvalue weighted by atomic mass is 127. The van der Waals surface area contributed by atoms with Crippen molar-refractivity contribution in [3.63, 3.8) is 0 Å². The molecule has 0 radical (unpaired) electrons. The van der Waals surface area contributed by atoms with Crippen molar-refractivity contribution in [3.05, 3.63) is 25.7 Å². The fraction of sp³-hybridized carbons (Fsp3) is 0.222. The molecule has 0 saturated heterocycles. The molecule has 5 heteroatoms. The van der Waals surface area contributed by atoms with Gasteiger partial charge in [-0.1, -0.05) is 0 Å². The lowest BCUT2D eigenvalue weighted by Gasteiger charge is -2.09. The van der Waals surface area contributed by atoms with Gasteiger partial charge < -0.3 is 4.74 Å². The van der Waals surface area contributed by atoms with Crippen LogP contribution < -0.4 is 4.74 Å². The molecule has 0 spiro atoms. The summed E-state index contributed by atoms with van der Waals surface area (Å²) >= 11 is 10.9. The van der Waals surface area contributed by atoms with Crippen LogP contribution in [-0.2, 0) is 0 Å². The summed E-state index contributed by atoms with van der Waals surface area (Å²) in [6.45, 7) is 0. The first-order chi connectivity index (χ1) is 6.61. The fourth-order valence-electron chi connectivity index (χ4n) is 1.01. The van der Waals surface area contributed by atoms with E-state index in [4.69, 9.17) is 16.3 Å². The quantitative estimate of drug-likeness (QED) is 0.450. The Balaban J connectivity index is 3.28. The normalized spacial score (nSPS) is 10.0. The molecular formula is C9H7BrClIO2. The number of alkyl halides is 1. The number of carbonyl (C=O) groups excluding carboxylic acids is 1. The molecule has 0 atom stereocenters. The summed E-state index contributed by atoms with van der Waals surface area (Å²) in [5, 5.41) is 0. The second-order valence-electron chi connectivity index (χ2n) is 2.50. The van der Waals surface area contributed by atoms with Gasteiger partial charge in [0.15, 0.2) is 5.78 Å². The van der Waals surface area contributed by atoms with Crippen molar-refractivity contribution in [1.82, 2.24) is 0 Å². The molecule has 2 nitrogen and oxygen atoms in total. The smallest absolute Gasteiger partial charge is 0.178 e. The van der Waals surface area contributed by atoms with E-state index in [1.807, 2.05) is 6.07 Å². The van der Waals surface area contributed by atoms with Crippen LogP contribution in [0.2, 0.25) is 0 Å². The number of carbonyl (C=O) groups is 1. The van der Waals surface area contributed by atoms with Crippen LogP contribution in [0.1, 0.15) is 10.4 Å². The van der Waals surface area contributed by atoms with Gasteiger partial charge in [0.25, 0.3) is 0 Å². The Hall–Kier alpha value is 0.190. The number of hydrogen-bond donors (Lipinski definition) is 0. The lowest BCUT2D eigenvalue weighted by atomic mass is 10.1. The minimum absolute atomic E-state index is 0.0254. The summed E-state index contributed by atoms with van der Waals surface area (Å²) in [5.41, 5.74) is 0.553. The van der Waals surface area contributed by atoms with E-state index in [-0.39, 0.29) is 11.7 Å². The van der Waals surface area contributed by atoms with Crippen LogP contribution in [0.25, 0.3) is 0 Å². The molecule has 14 heavy (non-hydrogen) atoms. The lowest BCUT2D eigenvalue weighted by molar-refractivity contribution is 0.102. The van der Waals surface area contributed by atoms with Crippen molar-refractivity contribution in [2.45, 2.75) is 0 Å². The van der Waals surface area contributed by atoms with E-state index in [9.17, 15) is 4.79 Å². The van der Waals surface area contributed by atoms with Crippen molar-refractivity contribution < 1.29 is 9.53 Å². The van der Waals surface area contributed by atoms with E-state index in [2.05, 4.69) is 38.5 Å². The number of Topliss-reactive ketones (excluding diaryl/α,β-unsaturated/α-hetero) is 1. The molecular weight excluding hydrogens is 382 g/mol. The van der Waals surface area contributed by atoms with Gasteiger partial charge in [0, 0.05) is 5.56 Å². The molecule has 76 valence electrons. The van der Waals surface area contributed by atoms with Gasteiger partial charge >= 0.3 is 0 Å². The summed E-state index contributed by atoms with van der Waals surface area (Å²) in [7, 11) is 1.57. The van der Waals surface area contributed by atoms with Crippen LogP contribution in [0.4, 0.5) is 0 Å².